The van der Waals surface area contributed by atoms with E-state index in [1.807, 2.05) is 0 Å². The van der Waals surface area contributed by atoms with Crippen LogP contribution >= 0.6 is 15.9 Å². The average molecular weight is 284 g/mol. The van der Waals surface area contributed by atoms with E-state index >= 15 is 0 Å². The molecule has 16 heavy (non-hydrogen) atoms. The lowest BCUT2D eigenvalue weighted by atomic mass is 10.0. The number of carbonyl (C=O) groups is 1. The Bertz CT molecular complexity index is 439. The molecule has 4 nitrogen and oxygen atoms in total. The van der Waals surface area contributed by atoms with E-state index < -0.39 is 11.9 Å². The molecule has 0 saturated carbocycles. The fourth-order valence-electron chi connectivity index (χ4n) is 1.31. The van der Waals surface area contributed by atoms with Crippen LogP contribution in [-0.2, 0) is 11.2 Å². The van der Waals surface area contributed by atoms with Crippen LogP contribution in [0.5, 0.6) is 5.75 Å². The van der Waals surface area contributed by atoms with Crippen molar-refractivity contribution in [1.29, 1.82) is 5.26 Å². The first-order valence-electron chi connectivity index (χ1n) is 4.53. The van der Waals surface area contributed by atoms with Gasteiger partial charge >= 0.3 is 5.97 Å². The third-order valence-corrected chi connectivity index (χ3v) is 2.61. The third-order valence-electron chi connectivity index (χ3n) is 2.12. The number of benzene rings is 1. The van der Waals surface area contributed by atoms with Crippen LogP contribution in [0.2, 0.25) is 0 Å². The summed E-state index contributed by atoms with van der Waals surface area (Å²) in [4.78, 5) is 10.7. The normalized spacial score (nSPS) is 11.6. The minimum absolute atomic E-state index is 0.133. The summed E-state index contributed by atoms with van der Waals surface area (Å²) in [5.74, 6) is -1.59. The Morgan fingerprint density at radius 2 is 2.38 bits per heavy atom. The second-order valence-corrected chi connectivity index (χ2v) is 4.10. The number of ether oxygens (including phenoxy) is 1. The second-order valence-electron chi connectivity index (χ2n) is 3.18. The highest BCUT2D eigenvalue weighted by Gasteiger charge is 2.19. The van der Waals surface area contributed by atoms with Crippen LogP contribution in [-0.4, -0.2) is 18.2 Å². The SMILES string of the molecule is COc1ccc(Br)cc1CC(C#N)C(=O)O. The molecular formula is C11H10BrNO3. The van der Waals surface area contributed by atoms with Crippen LogP contribution in [0.4, 0.5) is 0 Å². The summed E-state index contributed by atoms with van der Waals surface area (Å²) in [7, 11) is 1.51. The Labute approximate surface area is 102 Å². The van der Waals surface area contributed by atoms with E-state index in [-0.39, 0.29) is 6.42 Å². The molecule has 5 heteroatoms. The summed E-state index contributed by atoms with van der Waals surface area (Å²) >= 11 is 3.29. The first kappa shape index (κ1) is 12.5. The van der Waals surface area contributed by atoms with Gasteiger partial charge in [0.2, 0.25) is 0 Å². The minimum atomic E-state index is -1.12. The highest BCUT2D eigenvalue weighted by molar-refractivity contribution is 9.10. The molecule has 0 aliphatic heterocycles. The molecule has 0 fully saturated rings. The van der Waals surface area contributed by atoms with Gasteiger partial charge in [-0.25, -0.2) is 0 Å². The van der Waals surface area contributed by atoms with Crippen molar-refractivity contribution in [2.45, 2.75) is 6.42 Å². The summed E-state index contributed by atoms with van der Waals surface area (Å²) in [6.45, 7) is 0. The van der Waals surface area contributed by atoms with E-state index in [4.69, 9.17) is 15.1 Å². The van der Waals surface area contributed by atoms with Crippen molar-refractivity contribution < 1.29 is 14.6 Å². The minimum Gasteiger partial charge on any atom is -0.496 e. The van der Waals surface area contributed by atoms with Crippen LogP contribution in [0.3, 0.4) is 0 Å². The van der Waals surface area contributed by atoms with Crippen molar-refractivity contribution >= 4 is 21.9 Å². The van der Waals surface area contributed by atoms with E-state index in [1.165, 1.54) is 7.11 Å². The third kappa shape index (κ3) is 2.97. The molecule has 0 bridgehead atoms. The fraction of sp³-hybridized carbons (Fsp3) is 0.273. The van der Waals surface area contributed by atoms with Gasteiger partial charge in [-0.05, 0) is 23.8 Å². The van der Waals surface area contributed by atoms with Crippen LogP contribution in [0, 0.1) is 17.2 Å². The lowest BCUT2D eigenvalue weighted by molar-refractivity contribution is -0.139. The molecule has 84 valence electrons. The number of nitrogens with zero attached hydrogens (tertiary/aromatic N) is 1. The number of aliphatic carboxylic acids is 1. The van der Waals surface area contributed by atoms with E-state index in [0.29, 0.717) is 11.3 Å². The van der Waals surface area contributed by atoms with Crippen molar-refractivity contribution in [3.63, 3.8) is 0 Å². The van der Waals surface area contributed by atoms with Crippen molar-refractivity contribution in [3.8, 4) is 11.8 Å². The van der Waals surface area contributed by atoms with Gasteiger partial charge in [0.05, 0.1) is 13.2 Å². The van der Waals surface area contributed by atoms with Gasteiger partial charge in [-0.3, -0.25) is 4.79 Å². The highest BCUT2D eigenvalue weighted by Crippen LogP contribution is 2.25. The number of methoxy groups -OCH3 is 1. The predicted octanol–water partition coefficient (Wildman–Crippen LogP) is 2.22. The van der Waals surface area contributed by atoms with Gasteiger partial charge in [0.15, 0.2) is 0 Å². The van der Waals surface area contributed by atoms with E-state index in [0.717, 1.165) is 4.47 Å². The van der Waals surface area contributed by atoms with Crippen LogP contribution in [0.25, 0.3) is 0 Å². The summed E-state index contributed by atoms with van der Waals surface area (Å²) in [6.07, 6.45) is 0.133. The number of carboxylic acids is 1. The highest BCUT2D eigenvalue weighted by atomic mass is 79.9. The molecule has 0 aromatic heterocycles. The lowest BCUT2D eigenvalue weighted by Gasteiger charge is -2.10. The molecule has 1 atom stereocenters. The number of rotatable bonds is 4. The number of carboxylic acid groups (broad SMARTS) is 1. The summed E-state index contributed by atoms with van der Waals surface area (Å²) in [5.41, 5.74) is 0.700. The van der Waals surface area contributed by atoms with Gasteiger partial charge in [-0.1, -0.05) is 15.9 Å². The van der Waals surface area contributed by atoms with Gasteiger partial charge in [-0.15, -0.1) is 0 Å². The topological polar surface area (TPSA) is 70.3 Å². The summed E-state index contributed by atoms with van der Waals surface area (Å²) in [5, 5.41) is 17.5. The number of halogens is 1. The standard InChI is InChI=1S/C11H10BrNO3/c1-16-10-3-2-9(12)5-7(10)4-8(6-13)11(14)15/h2-3,5,8H,4H2,1H3,(H,14,15). The van der Waals surface area contributed by atoms with E-state index in [1.54, 1.807) is 24.3 Å². The Balaban J connectivity index is 2.99. The predicted molar refractivity (Wildman–Crippen MR) is 61.1 cm³/mol. The maximum atomic E-state index is 10.7. The summed E-state index contributed by atoms with van der Waals surface area (Å²) in [6, 6.07) is 7.03. The van der Waals surface area contributed by atoms with E-state index in [9.17, 15) is 4.79 Å². The largest absolute Gasteiger partial charge is 0.496 e. The number of nitriles is 1. The fourth-order valence-corrected chi connectivity index (χ4v) is 1.72. The molecule has 0 saturated heterocycles. The Hall–Kier alpha value is -1.54. The second kappa shape index (κ2) is 5.52. The van der Waals surface area contributed by atoms with E-state index in [2.05, 4.69) is 15.9 Å². The molecule has 0 amide bonds. The Morgan fingerprint density at radius 3 is 2.88 bits per heavy atom. The molecular weight excluding hydrogens is 274 g/mol. The Kier molecular flexibility index (Phi) is 4.32. The van der Waals surface area contributed by atoms with Crippen molar-refractivity contribution in [2.75, 3.05) is 7.11 Å². The maximum absolute atomic E-state index is 10.7. The molecule has 1 aromatic carbocycles. The van der Waals surface area contributed by atoms with Crippen molar-refractivity contribution in [1.82, 2.24) is 0 Å². The van der Waals surface area contributed by atoms with Crippen LogP contribution < -0.4 is 4.74 Å². The van der Waals surface area contributed by atoms with Crippen molar-refractivity contribution in [3.05, 3.63) is 28.2 Å². The number of hydrogen-bond donors (Lipinski definition) is 1. The molecule has 1 aromatic rings. The monoisotopic (exact) mass is 283 g/mol. The first-order chi connectivity index (χ1) is 7.58. The van der Waals surface area contributed by atoms with Gasteiger partial charge < -0.3 is 9.84 Å². The molecule has 0 spiro atoms. The molecule has 0 aliphatic rings. The molecule has 0 radical (unpaired) electrons. The van der Waals surface area contributed by atoms with Crippen LogP contribution in [0.1, 0.15) is 5.56 Å². The number of hydrogen-bond acceptors (Lipinski definition) is 3. The zero-order chi connectivity index (χ0) is 12.1. The van der Waals surface area contributed by atoms with Gasteiger partial charge in [0, 0.05) is 10.9 Å². The first-order valence-corrected chi connectivity index (χ1v) is 5.32. The van der Waals surface area contributed by atoms with Gasteiger partial charge in [0.1, 0.15) is 11.7 Å². The van der Waals surface area contributed by atoms with Gasteiger partial charge in [0.25, 0.3) is 0 Å². The van der Waals surface area contributed by atoms with Crippen molar-refractivity contribution in [2.24, 2.45) is 5.92 Å². The van der Waals surface area contributed by atoms with Gasteiger partial charge in [-0.2, -0.15) is 5.26 Å². The maximum Gasteiger partial charge on any atom is 0.321 e. The summed E-state index contributed by atoms with van der Waals surface area (Å²) < 4.78 is 5.93. The molecule has 0 aliphatic carbocycles. The zero-order valence-corrected chi connectivity index (χ0v) is 10.2. The quantitative estimate of drug-likeness (QED) is 0.920. The molecule has 1 unspecified atom stereocenters. The average Bonchev–Trinajstić information content (AvgIpc) is 2.25. The van der Waals surface area contributed by atoms with Crippen LogP contribution in [0.15, 0.2) is 22.7 Å². The smallest absolute Gasteiger partial charge is 0.321 e. The zero-order valence-electron chi connectivity index (χ0n) is 8.61. The molecule has 0 heterocycles. The Morgan fingerprint density at radius 1 is 1.69 bits per heavy atom. The molecule has 1 rings (SSSR count). The lowest BCUT2D eigenvalue weighted by Crippen LogP contribution is -2.14. The molecule has 1 N–H and O–H groups in total.